The summed E-state index contributed by atoms with van der Waals surface area (Å²) in [7, 11) is 7.88. The molecule has 0 saturated carbocycles. The number of hydrogen-bond donors (Lipinski definition) is 2. The fraction of sp³-hybridized carbons (Fsp3) is 0.440. The molecule has 0 unspecified atom stereocenters. The van der Waals surface area contributed by atoms with Gasteiger partial charge in [0.1, 0.15) is 5.82 Å². The van der Waals surface area contributed by atoms with Crippen LogP contribution in [-0.2, 0) is 4.79 Å². The van der Waals surface area contributed by atoms with Crippen LogP contribution in [0.3, 0.4) is 0 Å². The summed E-state index contributed by atoms with van der Waals surface area (Å²) in [6.45, 7) is 6.38. The number of aromatic amines is 1. The smallest absolute Gasteiger partial charge is 0.259 e. The van der Waals surface area contributed by atoms with Crippen LogP contribution in [0.25, 0.3) is 11.6 Å². The molecule has 0 radical (unpaired) electrons. The number of rotatable bonds is 9. The number of likely N-dealkylation sites (N-methyl/N-ethyl adjacent to an activating group) is 1. The van der Waals surface area contributed by atoms with Gasteiger partial charge in [0, 0.05) is 36.6 Å². The molecule has 1 aliphatic heterocycles. The zero-order valence-electron chi connectivity index (χ0n) is 21.2. The molecule has 0 spiro atoms. The van der Waals surface area contributed by atoms with Crippen molar-refractivity contribution in [2.45, 2.75) is 20.3 Å². The van der Waals surface area contributed by atoms with Gasteiger partial charge in [-0.05, 0) is 84.8 Å². The average Bonchev–Trinajstić information content (AvgIpc) is 3.15. The molecule has 2 aromatic rings. The van der Waals surface area contributed by atoms with Gasteiger partial charge in [-0.1, -0.05) is 0 Å². The monoisotopic (exact) mass is 527 g/mol. The first-order valence-electron chi connectivity index (χ1n) is 11.2. The standard InChI is InChI=1S/C25H34FN5O2.2ClH/c1-16-21(28-17(2)23(16)24(32)27-10-13-30(5)6)15-20-19-14-18(26)8-9-22(19)31(25(20)33)12-7-11-29(3)4;;/h8-9,14-15,28H,7,10-13H2,1-6H3,(H,27,32);2*1H/b20-15-;;. The quantitative estimate of drug-likeness (QED) is 0.487. The number of carbonyl (C=O) groups excluding carboxylic acids is 2. The third-order valence-corrected chi connectivity index (χ3v) is 5.84. The van der Waals surface area contributed by atoms with E-state index in [1.807, 2.05) is 46.9 Å². The van der Waals surface area contributed by atoms with E-state index in [0.717, 1.165) is 30.8 Å². The highest BCUT2D eigenvalue weighted by Gasteiger charge is 2.33. The van der Waals surface area contributed by atoms with Crippen molar-refractivity contribution in [1.82, 2.24) is 20.1 Å². The van der Waals surface area contributed by atoms with Gasteiger partial charge in [-0.25, -0.2) is 4.39 Å². The van der Waals surface area contributed by atoms with Crippen molar-refractivity contribution in [3.63, 3.8) is 0 Å². The summed E-state index contributed by atoms with van der Waals surface area (Å²) in [6.07, 6.45) is 2.55. The minimum absolute atomic E-state index is 0. The Morgan fingerprint density at radius 1 is 1.11 bits per heavy atom. The van der Waals surface area contributed by atoms with Crippen molar-refractivity contribution in [2.24, 2.45) is 0 Å². The molecular weight excluding hydrogens is 492 g/mol. The summed E-state index contributed by atoms with van der Waals surface area (Å²) in [5.74, 6) is -0.691. The molecule has 1 aliphatic rings. The highest BCUT2D eigenvalue weighted by molar-refractivity contribution is 6.35. The van der Waals surface area contributed by atoms with E-state index >= 15 is 0 Å². The molecule has 0 saturated heterocycles. The van der Waals surface area contributed by atoms with Crippen LogP contribution in [0, 0.1) is 19.7 Å². The van der Waals surface area contributed by atoms with Crippen molar-refractivity contribution < 1.29 is 14.0 Å². The summed E-state index contributed by atoms with van der Waals surface area (Å²) in [5, 5.41) is 2.94. The fourth-order valence-electron chi connectivity index (χ4n) is 4.12. The predicted octanol–water partition coefficient (Wildman–Crippen LogP) is 3.74. The van der Waals surface area contributed by atoms with Crippen molar-refractivity contribution >= 4 is 54.0 Å². The summed E-state index contributed by atoms with van der Waals surface area (Å²) in [5.41, 5.74) is 4.47. The second kappa shape index (κ2) is 13.1. The van der Waals surface area contributed by atoms with Gasteiger partial charge in [-0.3, -0.25) is 9.59 Å². The van der Waals surface area contributed by atoms with Gasteiger partial charge < -0.3 is 25.0 Å². The lowest BCUT2D eigenvalue weighted by Gasteiger charge is -2.18. The maximum Gasteiger partial charge on any atom is 0.259 e. The second-order valence-electron chi connectivity index (χ2n) is 9.06. The van der Waals surface area contributed by atoms with E-state index in [1.54, 1.807) is 17.0 Å². The third-order valence-electron chi connectivity index (χ3n) is 5.84. The zero-order chi connectivity index (χ0) is 24.3. The molecule has 0 fully saturated rings. The first-order valence-corrected chi connectivity index (χ1v) is 11.2. The molecule has 3 rings (SSSR count). The Morgan fingerprint density at radius 3 is 2.40 bits per heavy atom. The van der Waals surface area contributed by atoms with Crippen LogP contribution in [0.2, 0.25) is 0 Å². The minimum Gasteiger partial charge on any atom is -0.358 e. The highest BCUT2D eigenvalue weighted by atomic mass is 35.5. The number of anilines is 1. The average molecular weight is 529 g/mol. The van der Waals surface area contributed by atoms with Crippen LogP contribution in [-0.4, -0.2) is 81.0 Å². The van der Waals surface area contributed by atoms with Crippen molar-refractivity contribution in [3.8, 4) is 0 Å². The number of fused-ring (bicyclic) bond motifs is 1. The number of halogens is 3. The summed E-state index contributed by atoms with van der Waals surface area (Å²) >= 11 is 0. The number of aryl methyl sites for hydroxylation is 1. The van der Waals surface area contributed by atoms with Gasteiger partial charge >= 0.3 is 0 Å². The molecule has 0 atom stereocenters. The Hall–Kier alpha value is -2.39. The maximum absolute atomic E-state index is 14.1. The van der Waals surface area contributed by atoms with E-state index < -0.39 is 0 Å². The number of carbonyl (C=O) groups is 2. The van der Waals surface area contributed by atoms with E-state index in [1.165, 1.54) is 12.1 Å². The van der Waals surface area contributed by atoms with E-state index in [0.29, 0.717) is 41.2 Å². The molecule has 10 heteroatoms. The topological polar surface area (TPSA) is 71.7 Å². The van der Waals surface area contributed by atoms with Crippen molar-refractivity contribution in [1.29, 1.82) is 0 Å². The largest absolute Gasteiger partial charge is 0.358 e. The van der Waals surface area contributed by atoms with E-state index in [2.05, 4.69) is 15.2 Å². The first-order chi connectivity index (χ1) is 15.6. The zero-order valence-corrected chi connectivity index (χ0v) is 22.8. The van der Waals surface area contributed by atoms with Crippen LogP contribution >= 0.6 is 24.8 Å². The fourth-order valence-corrected chi connectivity index (χ4v) is 4.12. The molecule has 194 valence electrons. The first kappa shape index (κ1) is 30.6. The summed E-state index contributed by atoms with van der Waals surface area (Å²) < 4.78 is 14.1. The molecule has 2 heterocycles. The SMILES string of the molecule is Cc1[nH]c(/C=C2\C(=O)N(CCCN(C)C)c3ccc(F)cc32)c(C)c1C(=O)NCCN(C)C.Cl.Cl. The molecule has 2 N–H and O–H groups in total. The molecule has 35 heavy (non-hydrogen) atoms. The Morgan fingerprint density at radius 2 is 1.77 bits per heavy atom. The Balaban J connectivity index is 0.00000306. The van der Waals surface area contributed by atoms with Gasteiger partial charge in [-0.15, -0.1) is 24.8 Å². The maximum atomic E-state index is 14.1. The van der Waals surface area contributed by atoms with Crippen LogP contribution in [0.5, 0.6) is 0 Å². The second-order valence-corrected chi connectivity index (χ2v) is 9.06. The summed E-state index contributed by atoms with van der Waals surface area (Å²) in [6, 6.07) is 4.45. The van der Waals surface area contributed by atoms with Crippen LogP contribution in [0.1, 0.15) is 39.3 Å². The van der Waals surface area contributed by atoms with Gasteiger partial charge in [0.2, 0.25) is 0 Å². The number of nitrogens with one attached hydrogen (secondary N) is 2. The summed E-state index contributed by atoms with van der Waals surface area (Å²) in [4.78, 5) is 35.1. The number of hydrogen-bond acceptors (Lipinski definition) is 4. The molecule has 1 aromatic carbocycles. The third kappa shape index (κ3) is 7.07. The number of nitrogens with zero attached hydrogens (tertiary/aromatic N) is 3. The lowest BCUT2D eigenvalue weighted by Crippen LogP contribution is -2.31. The van der Waals surface area contributed by atoms with E-state index in [4.69, 9.17) is 0 Å². The van der Waals surface area contributed by atoms with Crippen LogP contribution < -0.4 is 10.2 Å². The molecule has 1 aromatic heterocycles. The molecule has 2 amide bonds. The predicted molar refractivity (Wildman–Crippen MR) is 145 cm³/mol. The Bertz CT molecular complexity index is 1080. The number of aromatic nitrogens is 1. The van der Waals surface area contributed by atoms with Crippen LogP contribution in [0.4, 0.5) is 10.1 Å². The Kier molecular flexibility index (Phi) is 11.4. The molecule has 0 aliphatic carbocycles. The van der Waals surface area contributed by atoms with Crippen molar-refractivity contribution in [2.75, 3.05) is 59.3 Å². The van der Waals surface area contributed by atoms with E-state index in [-0.39, 0.29) is 42.4 Å². The molecule has 0 bridgehead atoms. The molecular formula is C25H36Cl2FN5O2. The van der Waals surface area contributed by atoms with Gasteiger partial charge in [-0.2, -0.15) is 0 Å². The number of amides is 2. The Labute approximate surface area is 219 Å². The lowest BCUT2D eigenvalue weighted by molar-refractivity contribution is -0.113. The highest BCUT2D eigenvalue weighted by Crippen LogP contribution is 2.38. The minimum atomic E-state index is -0.386. The molecule has 7 nitrogen and oxygen atoms in total. The number of H-pyrrole nitrogens is 1. The normalized spacial score (nSPS) is 13.8. The van der Waals surface area contributed by atoms with Crippen molar-refractivity contribution in [3.05, 3.63) is 52.1 Å². The number of benzene rings is 1. The van der Waals surface area contributed by atoms with E-state index in [9.17, 15) is 14.0 Å². The van der Waals surface area contributed by atoms with Crippen LogP contribution in [0.15, 0.2) is 18.2 Å². The lowest BCUT2D eigenvalue weighted by atomic mass is 10.0. The van der Waals surface area contributed by atoms with Gasteiger partial charge in [0.05, 0.1) is 16.8 Å². The van der Waals surface area contributed by atoms with Gasteiger partial charge in [0.25, 0.3) is 11.8 Å². The van der Waals surface area contributed by atoms with Gasteiger partial charge in [0.15, 0.2) is 0 Å².